The molecular weight excluding hydrogens is 373 g/mol. The molecule has 5 nitrogen and oxygen atoms in total. The zero-order valence-corrected chi connectivity index (χ0v) is 16.3. The number of rotatable bonds is 8. The molecule has 0 fully saturated rings. The molecular formula is C23H22FNO4. The van der Waals surface area contributed by atoms with E-state index >= 15 is 0 Å². The summed E-state index contributed by atoms with van der Waals surface area (Å²) in [4.78, 5) is 12.7. The highest BCUT2D eigenvalue weighted by Crippen LogP contribution is 2.24. The SMILES string of the molecule is COc1ccc(OC)c(CNC(=O)c2ccccc2OCc2ccc(F)cc2)c1. The Kier molecular flexibility index (Phi) is 6.68. The van der Waals surface area contributed by atoms with E-state index in [2.05, 4.69) is 5.32 Å². The van der Waals surface area contributed by atoms with Crippen molar-refractivity contribution < 1.29 is 23.4 Å². The summed E-state index contributed by atoms with van der Waals surface area (Å²) in [6.45, 7) is 0.500. The lowest BCUT2D eigenvalue weighted by Crippen LogP contribution is -2.23. The van der Waals surface area contributed by atoms with Gasteiger partial charge < -0.3 is 19.5 Å². The molecule has 0 aliphatic heterocycles. The van der Waals surface area contributed by atoms with Crippen molar-refractivity contribution in [3.8, 4) is 17.2 Å². The summed E-state index contributed by atoms with van der Waals surface area (Å²) in [6, 6.07) is 18.4. The molecule has 0 unspecified atom stereocenters. The summed E-state index contributed by atoms with van der Waals surface area (Å²) < 4.78 is 29.4. The van der Waals surface area contributed by atoms with E-state index in [1.807, 2.05) is 6.07 Å². The molecule has 0 spiro atoms. The number of benzene rings is 3. The zero-order chi connectivity index (χ0) is 20.6. The third kappa shape index (κ3) is 5.25. The van der Waals surface area contributed by atoms with Crippen LogP contribution >= 0.6 is 0 Å². The Morgan fingerprint density at radius 1 is 0.931 bits per heavy atom. The lowest BCUT2D eigenvalue weighted by molar-refractivity contribution is 0.0946. The number of carbonyl (C=O) groups is 1. The fourth-order valence-corrected chi connectivity index (χ4v) is 2.81. The van der Waals surface area contributed by atoms with Gasteiger partial charge in [-0.05, 0) is 48.0 Å². The molecule has 0 aliphatic rings. The van der Waals surface area contributed by atoms with Gasteiger partial charge in [0.2, 0.25) is 0 Å². The van der Waals surface area contributed by atoms with Gasteiger partial charge in [-0.1, -0.05) is 24.3 Å². The second-order valence-corrected chi connectivity index (χ2v) is 6.27. The fourth-order valence-electron chi connectivity index (χ4n) is 2.81. The van der Waals surface area contributed by atoms with Crippen LogP contribution in [0.3, 0.4) is 0 Å². The smallest absolute Gasteiger partial charge is 0.255 e. The first-order valence-electron chi connectivity index (χ1n) is 9.06. The van der Waals surface area contributed by atoms with Crippen LogP contribution in [-0.4, -0.2) is 20.1 Å². The molecule has 3 rings (SSSR count). The number of carbonyl (C=O) groups excluding carboxylic acids is 1. The Morgan fingerprint density at radius 2 is 1.69 bits per heavy atom. The highest BCUT2D eigenvalue weighted by Gasteiger charge is 2.13. The van der Waals surface area contributed by atoms with Crippen LogP contribution in [0.2, 0.25) is 0 Å². The van der Waals surface area contributed by atoms with Crippen molar-refractivity contribution in [2.75, 3.05) is 14.2 Å². The maximum absolute atomic E-state index is 13.0. The minimum Gasteiger partial charge on any atom is -0.497 e. The fraction of sp³-hybridized carbons (Fsp3) is 0.174. The molecule has 3 aromatic rings. The number of hydrogen-bond acceptors (Lipinski definition) is 4. The summed E-state index contributed by atoms with van der Waals surface area (Å²) in [7, 11) is 3.16. The van der Waals surface area contributed by atoms with Gasteiger partial charge in [0.1, 0.15) is 29.7 Å². The van der Waals surface area contributed by atoms with Crippen LogP contribution in [0.5, 0.6) is 17.2 Å². The van der Waals surface area contributed by atoms with Gasteiger partial charge in [-0.2, -0.15) is 0 Å². The third-order valence-corrected chi connectivity index (χ3v) is 4.37. The van der Waals surface area contributed by atoms with Gasteiger partial charge in [-0.25, -0.2) is 4.39 Å². The minimum atomic E-state index is -0.304. The summed E-state index contributed by atoms with van der Waals surface area (Å²) in [5, 5.41) is 2.88. The second kappa shape index (κ2) is 9.59. The standard InChI is InChI=1S/C23H22FNO4/c1-27-19-11-12-21(28-2)17(13-19)14-25-23(26)20-5-3-4-6-22(20)29-15-16-7-9-18(24)10-8-16/h3-13H,14-15H2,1-2H3,(H,25,26). The average molecular weight is 395 g/mol. The molecule has 0 aromatic heterocycles. The number of methoxy groups -OCH3 is 2. The van der Waals surface area contributed by atoms with Crippen molar-refractivity contribution in [3.63, 3.8) is 0 Å². The average Bonchev–Trinajstić information content (AvgIpc) is 2.77. The lowest BCUT2D eigenvalue weighted by atomic mass is 10.1. The van der Waals surface area contributed by atoms with Crippen molar-refractivity contribution in [1.82, 2.24) is 5.32 Å². The molecule has 3 aromatic carbocycles. The Hall–Kier alpha value is -3.54. The normalized spacial score (nSPS) is 10.3. The Morgan fingerprint density at radius 3 is 2.41 bits per heavy atom. The predicted molar refractivity (Wildman–Crippen MR) is 108 cm³/mol. The molecule has 0 saturated heterocycles. The zero-order valence-electron chi connectivity index (χ0n) is 16.3. The molecule has 0 bridgehead atoms. The molecule has 29 heavy (non-hydrogen) atoms. The van der Waals surface area contributed by atoms with Gasteiger partial charge in [0.25, 0.3) is 5.91 Å². The van der Waals surface area contributed by atoms with Crippen LogP contribution in [0.4, 0.5) is 4.39 Å². The van der Waals surface area contributed by atoms with E-state index in [0.29, 0.717) is 22.8 Å². The first-order valence-corrected chi connectivity index (χ1v) is 9.06. The topological polar surface area (TPSA) is 56.8 Å². The van der Waals surface area contributed by atoms with E-state index < -0.39 is 0 Å². The van der Waals surface area contributed by atoms with Crippen molar-refractivity contribution in [1.29, 1.82) is 0 Å². The van der Waals surface area contributed by atoms with Crippen molar-refractivity contribution in [2.24, 2.45) is 0 Å². The van der Waals surface area contributed by atoms with Crippen LogP contribution in [0, 0.1) is 5.82 Å². The van der Waals surface area contributed by atoms with Gasteiger partial charge in [0.15, 0.2) is 0 Å². The highest BCUT2D eigenvalue weighted by atomic mass is 19.1. The molecule has 150 valence electrons. The highest BCUT2D eigenvalue weighted by molar-refractivity contribution is 5.96. The summed E-state index contributed by atoms with van der Waals surface area (Å²) in [5.74, 6) is 1.21. The Bertz CT molecular complexity index is 973. The Balaban J connectivity index is 1.69. The largest absolute Gasteiger partial charge is 0.497 e. The van der Waals surface area contributed by atoms with Crippen LogP contribution in [-0.2, 0) is 13.2 Å². The van der Waals surface area contributed by atoms with E-state index in [4.69, 9.17) is 14.2 Å². The predicted octanol–water partition coefficient (Wildman–Crippen LogP) is 4.35. The van der Waals surface area contributed by atoms with Crippen LogP contribution in [0.15, 0.2) is 66.7 Å². The molecule has 6 heteroatoms. The summed E-state index contributed by atoms with van der Waals surface area (Å²) in [6.07, 6.45) is 0. The molecule has 1 amide bonds. The number of halogens is 1. The number of nitrogens with one attached hydrogen (secondary N) is 1. The van der Waals surface area contributed by atoms with Gasteiger partial charge in [-0.3, -0.25) is 4.79 Å². The van der Waals surface area contributed by atoms with Crippen LogP contribution in [0.1, 0.15) is 21.5 Å². The summed E-state index contributed by atoms with van der Waals surface area (Å²) in [5.41, 5.74) is 2.02. The van der Waals surface area contributed by atoms with Crippen LogP contribution < -0.4 is 19.5 Å². The van der Waals surface area contributed by atoms with E-state index in [-0.39, 0.29) is 24.9 Å². The number of para-hydroxylation sites is 1. The molecule has 0 saturated carbocycles. The second-order valence-electron chi connectivity index (χ2n) is 6.27. The lowest BCUT2D eigenvalue weighted by Gasteiger charge is -2.14. The molecule has 0 atom stereocenters. The van der Waals surface area contributed by atoms with Gasteiger partial charge >= 0.3 is 0 Å². The minimum absolute atomic E-state index is 0.230. The van der Waals surface area contributed by atoms with E-state index in [9.17, 15) is 9.18 Å². The number of amides is 1. The maximum Gasteiger partial charge on any atom is 0.255 e. The van der Waals surface area contributed by atoms with Gasteiger partial charge in [0, 0.05) is 12.1 Å². The first-order chi connectivity index (χ1) is 14.1. The van der Waals surface area contributed by atoms with E-state index in [1.165, 1.54) is 12.1 Å². The summed E-state index contributed by atoms with van der Waals surface area (Å²) >= 11 is 0. The molecule has 0 aliphatic carbocycles. The maximum atomic E-state index is 13.0. The third-order valence-electron chi connectivity index (χ3n) is 4.37. The number of ether oxygens (including phenoxy) is 3. The van der Waals surface area contributed by atoms with Gasteiger partial charge in [-0.15, -0.1) is 0 Å². The van der Waals surface area contributed by atoms with Crippen molar-refractivity contribution in [2.45, 2.75) is 13.2 Å². The molecule has 1 N–H and O–H groups in total. The Labute approximate surface area is 169 Å². The quantitative estimate of drug-likeness (QED) is 0.616. The van der Waals surface area contributed by atoms with Crippen molar-refractivity contribution >= 4 is 5.91 Å². The monoisotopic (exact) mass is 395 g/mol. The van der Waals surface area contributed by atoms with E-state index in [1.54, 1.807) is 62.8 Å². The van der Waals surface area contributed by atoms with Crippen molar-refractivity contribution in [3.05, 3.63) is 89.2 Å². The van der Waals surface area contributed by atoms with Gasteiger partial charge in [0.05, 0.1) is 19.8 Å². The molecule has 0 radical (unpaired) electrons. The number of hydrogen-bond donors (Lipinski definition) is 1. The first kappa shape index (κ1) is 20.2. The molecule has 0 heterocycles. The van der Waals surface area contributed by atoms with E-state index in [0.717, 1.165) is 11.1 Å². The van der Waals surface area contributed by atoms with Crippen LogP contribution in [0.25, 0.3) is 0 Å².